The van der Waals surface area contributed by atoms with Crippen molar-refractivity contribution in [2.24, 2.45) is 11.5 Å². The van der Waals surface area contributed by atoms with Gasteiger partial charge in [0.25, 0.3) is 5.91 Å². The number of nitrogens with two attached hydrogens (primary N) is 3. The minimum Gasteiger partial charge on any atom is -0.398 e. The van der Waals surface area contributed by atoms with E-state index in [9.17, 15) is 9.59 Å². The van der Waals surface area contributed by atoms with Crippen molar-refractivity contribution >= 4 is 28.9 Å². The molecule has 0 radical (unpaired) electrons. The molecule has 0 saturated carbocycles. The highest BCUT2D eigenvalue weighted by atomic mass is 16.1. The van der Waals surface area contributed by atoms with E-state index in [1.165, 1.54) is 0 Å². The van der Waals surface area contributed by atoms with E-state index in [0.29, 0.717) is 16.9 Å². The number of benzene rings is 2. The highest BCUT2D eigenvalue weighted by Crippen LogP contribution is 2.21. The number of carbonyl (C=O) groups is 2. The number of rotatable bonds is 4. The number of primary amides is 2. The zero-order valence-corrected chi connectivity index (χ0v) is 10.6. The predicted molar refractivity (Wildman–Crippen MR) is 77.6 cm³/mol. The first-order valence-corrected chi connectivity index (χ1v) is 5.83. The Morgan fingerprint density at radius 2 is 1.45 bits per heavy atom. The Hall–Kier alpha value is -3.02. The van der Waals surface area contributed by atoms with Gasteiger partial charge in [0.15, 0.2) is 0 Å². The molecule has 0 aliphatic heterocycles. The summed E-state index contributed by atoms with van der Waals surface area (Å²) in [5, 5.41) is 3.08. The van der Waals surface area contributed by atoms with E-state index < -0.39 is 11.8 Å². The molecule has 2 aromatic carbocycles. The van der Waals surface area contributed by atoms with Crippen molar-refractivity contribution in [3.05, 3.63) is 53.6 Å². The minimum atomic E-state index is -0.588. The van der Waals surface area contributed by atoms with Gasteiger partial charge in [0.2, 0.25) is 5.91 Å². The van der Waals surface area contributed by atoms with E-state index in [2.05, 4.69) is 5.32 Å². The molecule has 20 heavy (non-hydrogen) atoms. The highest BCUT2D eigenvalue weighted by molar-refractivity contribution is 5.99. The van der Waals surface area contributed by atoms with Gasteiger partial charge >= 0.3 is 0 Å². The quantitative estimate of drug-likeness (QED) is 0.623. The average molecular weight is 270 g/mol. The van der Waals surface area contributed by atoms with Crippen molar-refractivity contribution < 1.29 is 9.59 Å². The van der Waals surface area contributed by atoms with Crippen molar-refractivity contribution in [1.29, 1.82) is 0 Å². The molecule has 0 heterocycles. The number of amides is 2. The minimum absolute atomic E-state index is 0.253. The second-order valence-electron chi connectivity index (χ2n) is 4.23. The van der Waals surface area contributed by atoms with E-state index in [1.807, 2.05) is 0 Å². The molecule has 0 spiro atoms. The van der Waals surface area contributed by atoms with Crippen LogP contribution in [0.4, 0.5) is 17.1 Å². The molecule has 7 N–H and O–H groups in total. The normalized spacial score (nSPS) is 10.0. The topological polar surface area (TPSA) is 124 Å². The third kappa shape index (κ3) is 2.86. The fourth-order valence-corrected chi connectivity index (χ4v) is 1.73. The Bertz CT molecular complexity index is 665. The molecular weight excluding hydrogens is 256 g/mol. The second kappa shape index (κ2) is 5.31. The third-order valence-electron chi connectivity index (χ3n) is 2.78. The Morgan fingerprint density at radius 1 is 0.850 bits per heavy atom. The summed E-state index contributed by atoms with van der Waals surface area (Å²) < 4.78 is 0. The van der Waals surface area contributed by atoms with Gasteiger partial charge in [-0.05, 0) is 42.5 Å². The SMILES string of the molecule is NC(=O)c1ccc(Nc2ccc(N)c(C(N)=O)c2)cc1. The highest BCUT2D eigenvalue weighted by Gasteiger charge is 2.07. The van der Waals surface area contributed by atoms with Gasteiger partial charge in [-0.3, -0.25) is 9.59 Å². The first-order valence-electron chi connectivity index (χ1n) is 5.83. The second-order valence-corrected chi connectivity index (χ2v) is 4.23. The molecule has 2 amide bonds. The monoisotopic (exact) mass is 270 g/mol. The van der Waals surface area contributed by atoms with Crippen LogP contribution in [-0.4, -0.2) is 11.8 Å². The molecule has 0 aliphatic carbocycles. The fraction of sp³-hybridized carbons (Fsp3) is 0. The van der Waals surface area contributed by atoms with E-state index >= 15 is 0 Å². The van der Waals surface area contributed by atoms with Crippen molar-refractivity contribution in [2.75, 3.05) is 11.1 Å². The maximum atomic E-state index is 11.2. The molecule has 6 heteroatoms. The molecule has 0 atom stereocenters. The summed E-state index contributed by atoms with van der Waals surface area (Å²) in [5.74, 6) is -1.07. The maximum Gasteiger partial charge on any atom is 0.250 e. The standard InChI is InChI=1S/C14H14N4O2/c15-12-6-5-10(7-11(12)14(17)20)18-9-3-1-8(2-4-9)13(16)19/h1-7,18H,15H2,(H2,16,19)(H2,17,20). The summed E-state index contributed by atoms with van der Waals surface area (Å²) in [6.45, 7) is 0. The van der Waals surface area contributed by atoms with E-state index in [1.54, 1.807) is 42.5 Å². The Labute approximate surface area is 115 Å². The lowest BCUT2D eigenvalue weighted by Gasteiger charge is -2.09. The fourth-order valence-electron chi connectivity index (χ4n) is 1.73. The molecule has 102 valence electrons. The number of nitrogen functional groups attached to an aromatic ring is 1. The van der Waals surface area contributed by atoms with Gasteiger partial charge in [-0.1, -0.05) is 0 Å². The zero-order valence-electron chi connectivity index (χ0n) is 10.6. The van der Waals surface area contributed by atoms with Crippen molar-refractivity contribution in [2.45, 2.75) is 0 Å². The molecule has 0 aromatic heterocycles. The smallest absolute Gasteiger partial charge is 0.250 e. The van der Waals surface area contributed by atoms with Gasteiger partial charge in [0.05, 0.1) is 5.56 Å². The lowest BCUT2D eigenvalue weighted by Crippen LogP contribution is -2.13. The van der Waals surface area contributed by atoms with Crippen molar-refractivity contribution in [3.8, 4) is 0 Å². The Balaban J connectivity index is 2.23. The van der Waals surface area contributed by atoms with Gasteiger partial charge in [0.1, 0.15) is 0 Å². The lowest BCUT2D eigenvalue weighted by atomic mass is 10.1. The summed E-state index contributed by atoms with van der Waals surface area (Å²) in [6, 6.07) is 11.5. The van der Waals surface area contributed by atoms with Crippen molar-refractivity contribution in [3.63, 3.8) is 0 Å². The van der Waals surface area contributed by atoms with E-state index in [0.717, 1.165) is 5.69 Å². The number of hydrogen-bond donors (Lipinski definition) is 4. The Morgan fingerprint density at radius 3 is 2.00 bits per heavy atom. The van der Waals surface area contributed by atoms with Gasteiger partial charge in [-0.2, -0.15) is 0 Å². The molecule has 0 fully saturated rings. The van der Waals surface area contributed by atoms with Gasteiger partial charge in [-0.25, -0.2) is 0 Å². The molecular formula is C14H14N4O2. The molecule has 6 nitrogen and oxygen atoms in total. The summed E-state index contributed by atoms with van der Waals surface area (Å²) in [7, 11) is 0. The van der Waals surface area contributed by atoms with Crippen LogP contribution in [0.2, 0.25) is 0 Å². The van der Waals surface area contributed by atoms with Crippen LogP contribution in [0.5, 0.6) is 0 Å². The third-order valence-corrected chi connectivity index (χ3v) is 2.78. The van der Waals surface area contributed by atoms with E-state index in [4.69, 9.17) is 17.2 Å². The number of carbonyl (C=O) groups excluding carboxylic acids is 2. The van der Waals surface area contributed by atoms with Gasteiger partial charge < -0.3 is 22.5 Å². The Kier molecular flexibility index (Phi) is 3.56. The molecule has 2 aromatic rings. The first kappa shape index (κ1) is 13.4. The summed E-state index contributed by atoms with van der Waals surface area (Å²) >= 11 is 0. The molecule has 0 bridgehead atoms. The van der Waals surface area contributed by atoms with E-state index in [-0.39, 0.29) is 5.56 Å². The van der Waals surface area contributed by atoms with Crippen molar-refractivity contribution in [1.82, 2.24) is 0 Å². The van der Waals surface area contributed by atoms with Crippen LogP contribution in [-0.2, 0) is 0 Å². The first-order chi connectivity index (χ1) is 9.47. The van der Waals surface area contributed by atoms with Crippen LogP contribution in [0, 0.1) is 0 Å². The van der Waals surface area contributed by atoms with Crippen LogP contribution in [0.3, 0.4) is 0 Å². The predicted octanol–water partition coefficient (Wildman–Crippen LogP) is 1.21. The molecule has 0 aliphatic rings. The number of hydrogen-bond acceptors (Lipinski definition) is 4. The number of nitrogens with one attached hydrogen (secondary N) is 1. The van der Waals surface area contributed by atoms with Crippen LogP contribution < -0.4 is 22.5 Å². The average Bonchev–Trinajstić information content (AvgIpc) is 2.41. The summed E-state index contributed by atoms with van der Waals surface area (Å²) in [4.78, 5) is 22.2. The molecule has 2 rings (SSSR count). The van der Waals surface area contributed by atoms with Crippen LogP contribution in [0.25, 0.3) is 0 Å². The largest absolute Gasteiger partial charge is 0.398 e. The zero-order chi connectivity index (χ0) is 14.7. The lowest BCUT2D eigenvalue weighted by molar-refractivity contribution is 0.0992. The van der Waals surface area contributed by atoms with Crippen LogP contribution in [0.1, 0.15) is 20.7 Å². The molecule has 0 unspecified atom stereocenters. The summed E-state index contributed by atoms with van der Waals surface area (Å²) in [6.07, 6.45) is 0. The van der Waals surface area contributed by atoms with Crippen LogP contribution >= 0.6 is 0 Å². The maximum absolute atomic E-state index is 11.2. The summed E-state index contributed by atoms with van der Waals surface area (Å²) in [5.41, 5.74) is 18.5. The van der Waals surface area contributed by atoms with Crippen LogP contribution in [0.15, 0.2) is 42.5 Å². The van der Waals surface area contributed by atoms with Gasteiger partial charge in [-0.15, -0.1) is 0 Å². The number of anilines is 3. The molecule has 0 saturated heterocycles. The van der Waals surface area contributed by atoms with Gasteiger partial charge in [0, 0.05) is 22.6 Å².